The molecule has 5 aliphatic rings. The molecule has 0 spiro atoms. The number of hydrogen-bond acceptors (Lipinski definition) is 7. The fourth-order valence-electron chi connectivity index (χ4n) is 12.5. The number of aliphatic hydroxyl groups excluding tert-OH is 2. The molecule has 9 nitrogen and oxygen atoms in total. The molecule has 284 valence electrons. The fourth-order valence-corrected chi connectivity index (χ4v) is 12.5. The Hall–Kier alpha value is -3.53. The van der Waals surface area contributed by atoms with Crippen molar-refractivity contribution in [2.45, 2.75) is 103 Å². The molecule has 11 atom stereocenters. The van der Waals surface area contributed by atoms with Crippen LogP contribution >= 0.6 is 0 Å². The molecule has 2 heterocycles. The van der Waals surface area contributed by atoms with E-state index in [9.17, 15) is 24.6 Å². The third kappa shape index (κ3) is 6.54. The van der Waals surface area contributed by atoms with Crippen LogP contribution in [0, 0.1) is 40.4 Å². The van der Waals surface area contributed by atoms with Crippen LogP contribution in [0.1, 0.15) is 88.3 Å². The van der Waals surface area contributed by atoms with Crippen molar-refractivity contribution < 1.29 is 24.2 Å². The van der Waals surface area contributed by atoms with E-state index in [4.69, 9.17) is 4.42 Å². The minimum Gasteiger partial charge on any atom is -0.451 e. The Morgan fingerprint density at radius 3 is 2.40 bits per heavy atom. The standard InChI is InChI=1S/C44H57N3O6/c1-27(48)32-15-16-33-30-14-13-29-24-38(50)36(26-44(29,3)34(30)17-18-43(32,33)2)46-19-21-47(22-20-46)42(52)35(23-28-9-5-4-6-10-28)45-41(51)40-25-37(49)31-11-7-8-12-39(31)53-40/h4-12,25,27,29-30,32-36,38,48,50H,13-24,26H2,1-3H3,(H,45,51)/t27-,29+,30+,32-,33+,34+,35+,36+,38+,43-,44+/m1/s1. The second-order valence-electron chi connectivity index (χ2n) is 17.7. The van der Waals surface area contributed by atoms with Crippen LogP contribution in [0.4, 0.5) is 0 Å². The molecule has 9 heteroatoms. The van der Waals surface area contributed by atoms with Gasteiger partial charge in [-0.1, -0.05) is 56.3 Å². The SMILES string of the molecule is C[C@@H](O)[C@H]1CC[C@H]2[C@@H]3CC[C@H]4C[C@H](O)[C@@H](N5CCN(C(=O)[C@H](Cc6ccccc6)NC(=O)c6cc(=O)c7ccccc7o6)CC5)C[C@]4(C)[C@H]3CC[C@]12C. The number of amides is 2. The normalized spacial score (nSPS) is 35.5. The smallest absolute Gasteiger partial charge is 0.287 e. The van der Waals surface area contributed by atoms with Gasteiger partial charge in [0.15, 0.2) is 11.2 Å². The van der Waals surface area contributed by atoms with Crippen molar-refractivity contribution in [2.24, 2.45) is 40.4 Å². The van der Waals surface area contributed by atoms with Crippen molar-refractivity contribution >= 4 is 22.8 Å². The van der Waals surface area contributed by atoms with E-state index in [0.29, 0.717) is 73.2 Å². The Balaban J connectivity index is 0.951. The molecule has 3 N–H and O–H groups in total. The molecule has 5 fully saturated rings. The Labute approximate surface area is 313 Å². The molecular weight excluding hydrogens is 666 g/mol. The van der Waals surface area contributed by atoms with Crippen molar-refractivity contribution in [3.05, 3.63) is 82.2 Å². The summed E-state index contributed by atoms with van der Waals surface area (Å²) in [5, 5.41) is 25.6. The molecule has 0 radical (unpaired) electrons. The summed E-state index contributed by atoms with van der Waals surface area (Å²) >= 11 is 0. The molecular formula is C44H57N3O6. The average Bonchev–Trinajstić information content (AvgIpc) is 3.52. The molecule has 4 saturated carbocycles. The first-order valence-corrected chi connectivity index (χ1v) is 20.2. The first-order valence-electron chi connectivity index (χ1n) is 20.2. The lowest BCUT2D eigenvalue weighted by molar-refractivity contribution is -0.156. The van der Waals surface area contributed by atoms with Crippen LogP contribution in [-0.4, -0.2) is 82.3 Å². The quantitative estimate of drug-likeness (QED) is 0.288. The Morgan fingerprint density at radius 1 is 0.925 bits per heavy atom. The van der Waals surface area contributed by atoms with Gasteiger partial charge in [0.2, 0.25) is 5.91 Å². The van der Waals surface area contributed by atoms with Crippen LogP contribution in [0.25, 0.3) is 11.0 Å². The molecule has 0 unspecified atom stereocenters. The van der Waals surface area contributed by atoms with Gasteiger partial charge in [-0.15, -0.1) is 0 Å². The van der Waals surface area contributed by atoms with Crippen molar-refractivity contribution in [3.63, 3.8) is 0 Å². The lowest BCUT2D eigenvalue weighted by Gasteiger charge is -2.63. The molecule has 8 rings (SSSR count). The summed E-state index contributed by atoms with van der Waals surface area (Å²) in [5.41, 5.74) is 1.35. The zero-order chi connectivity index (χ0) is 37.1. The highest BCUT2D eigenvalue weighted by Crippen LogP contribution is 2.68. The van der Waals surface area contributed by atoms with Gasteiger partial charge in [0, 0.05) is 44.7 Å². The third-order valence-electron chi connectivity index (χ3n) is 15.2. The number of hydrogen-bond donors (Lipinski definition) is 3. The number of para-hydroxylation sites is 1. The van der Waals surface area contributed by atoms with E-state index in [2.05, 4.69) is 24.1 Å². The molecule has 4 aliphatic carbocycles. The summed E-state index contributed by atoms with van der Waals surface area (Å²) in [4.78, 5) is 44.8. The van der Waals surface area contributed by atoms with Crippen LogP contribution in [0.2, 0.25) is 0 Å². The number of rotatable bonds is 7. The highest BCUT2D eigenvalue weighted by molar-refractivity contribution is 5.96. The molecule has 0 bridgehead atoms. The highest BCUT2D eigenvalue weighted by Gasteiger charge is 2.62. The first kappa shape index (κ1) is 36.4. The molecule has 1 aliphatic heterocycles. The first-order chi connectivity index (χ1) is 25.5. The zero-order valence-corrected chi connectivity index (χ0v) is 31.6. The second-order valence-corrected chi connectivity index (χ2v) is 17.7. The topological polar surface area (TPSA) is 123 Å². The Kier molecular flexibility index (Phi) is 9.82. The van der Waals surface area contributed by atoms with E-state index < -0.39 is 11.9 Å². The van der Waals surface area contributed by atoms with Crippen LogP contribution in [-0.2, 0) is 11.2 Å². The molecule has 1 saturated heterocycles. The largest absolute Gasteiger partial charge is 0.451 e. The lowest BCUT2D eigenvalue weighted by atomic mass is 9.44. The monoisotopic (exact) mass is 723 g/mol. The summed E-state index contributed by atoms with van der Waals surface area (Å²) in [6.07, 6.45) is 8.74. The summed E-state index contributed by atoms with van der Waals surface area (Å²) in [6, 6.07) is 16.9. The minimum absolute atomic E-state index is 0.0602. The number of nitrogens with zero attached hydrogens (tertiary/aromatic N) is 2. The maximum Gasteiger partial charge on any atom is 0.287 e. The lowest BCUT2D eigenvalue weighted by Crippen LogP contribution is -2.63. The van der Waals surface area contributed by atoms with Crippen molar-refractivity contribution in [3.8, 4) is 0 Å². The van der Waals surface area contributed by atoms with E-state index in [1.165, 1.54) is 38.2 Å². The van der Waals surface area contributed by atoms with E-state index >= 15 is 0 Å². The van der Waals surface area contributed by atoms with Gasteiger partial charge in [0.25, 0.3) is 5.91 Å². The zero-order valence-electron chi connectivity index (χ0n) is 31.6. The van der Waals surface area contributed by atoms with Gasteiger partial charge in [0.05, 0.1) is 17.6 Å². The maximum atomic E-state index is 14.2. The van der Waals surface area contributed by atoms with Crippen LogP contribution in [0.3, 0.4) is 0 Å². The minimum atomic E-state index is -0.840. The summed E-state index contributed by atoms with van der Waals surface area (Å²) in [7, 11) is 0. The van der Waals surface area contributed by atoms with Gasteiger partial charge in [-0.05, 0) is 116 Å². The van der Waals surface area contributed by atoms with E-state index in [0.717, 1.165) is 24.8 Å². The average molecular weight is 724 g/mol. The number of aliphatic hydroxyl groups is 2. The van der Waals surface area contributed by atoms with Gasteiger partial charge in [-0.2, -0.15) is 0 Å². The van der Waals surface area contributed by atoms with Crippen LogP contribution < -0.4 is 10.7 Å². The van der Waals surface area contributed by atoms with Crippen molar-refractivity contribution in [1.29, 1.82) is 0 Å². The Bertz CT molecular complexity index is 1870. The number of piperazine rings is 1. The summed E-state index contributed by atoms with van der Waals surface area (Å²) in [5.74, 6) is 2.09. The van der Waals surface area contributed by atoms with Crippen LogP contribution in [0.5, 0.6) is 0 Å². The second kappa shape index (κ2) is 14.3. The van der Waals surface area contributed by atoms with Crippen molar-refractivity contribution in [1.82, 2.24) is 15.1 Å². The molecule has 1 aromatic heterocycles. The van der Waals surface area contributed by atoms with Crippen molar-refractivity contribution in [2.75, 3.05) is 26.2 Å². The predicted octanol–water partition coefficient (Wildman–Crippen LogP) is 5.66. The predicted molar refractivity (Wildman–Crippen MR) is 204 cm³/mol. The molecule has 53 heavy (non-hydrogen) atoms. The molecule has 3 aromatic rings. The molecule has 2 amide bonds. The summed E-state index contributed by atoms with van der Waals surface area (Å²) < 4.78 is 5.81. The molecule has 2 aromatic carbocycles. The number of benzene rings is 2. The Morgan fingerprint density at radius 2 is 1.64 bits per heavy atom. The fraction of sp³-hybridized carbons (Fsp3) is 0.614. The van der Waals surface area contributed by atoms with Gasteiger partial charge < -0.3 is 24.8 Å². The maximum absolute atomic E-state index is 14.2. The van der Waals surface area contributed by atoms with E-state index in [1.54, 1.807) is 24.3 Å². The van der Waals surface area contributed by atoms with E-state index in [1.807, 2.05) is 42.2 Å². The van der Waals surface area contributed by atoms with Gasteiger partial charge in [-0.3, -0.25) is 19.3 Å². The number of carbonyl (C=O) groups is 2. The van der Waals surface area contributed by atoms with E-state index in [-0.39, 0.29) is 46.2 Å². The third-order valence-corrected chi connectivity index (χ3v) is 15.2. The van der Waals surface area contributed by atoms with Gasteiger partial charge in [0.1, 0.15) is 11.6 Å². The highest BCUT2D eigenvalue weighted by atomic mass is 16.3. The number of carbonyl (C=O) groups excluding carboxylic acids is 2. The van der Waals surface area contributed by atoms with Crippen LogP contribution in [0.15, 0.2) is 69.9 Å². The summed E-state index contributed by atoms with van der Waals surface area (Å²) in [6.45, 7) is 9.37. The van der Waals surface area contributed by atoms with Gasteiger partial charge >= 0.3 is 0 Å². The van der Waals surface area contributed by atoms with Gasteiger partial charge in [-0.25, -0.2) is 0 Å². The number of fused-ring (bicyclic) bond motifs is 6. The number of nitrogens with one attached hydrogen (secondary N) is 1.